The Bertz CT molecular complexity index is 400. The van der Waals surface area contributed by atoms with Crippen LogP contribution in [-0.4, -0.2) is 42.9 Å². The molecular formula is C10H15ClN4O2. The van der Waals surface area contributed by atoms with E-state index in [9.17, 15) is 4.79 Å². The van der Waals surface area contributed by atoms with Gasteiger partial charge in [0.2, 0.25) is 0 Å². The third-order valence-electron chi connectivity index (χ3n) is 2.15. The van der Waals surface area contributed by atoms with Crippen molar-refractivity contribution in [2.24, 2.45) is 5.73 Å². The Hall–Kier alpha value is -1.40. The standard InChI is InChI=1S/C10H15ClN4O2/c1-3-17-5-4-15(2)10-7(9(12)16)6-8(11)13-14-10/h6H,3-5H2,1-2H3,(H2,12,16). The molecule has 0 saturated heterocycles. The number of amides is 1. The number of halogens is 1. The van der Waals surface area contributed by atoms with Crippen LogP contribution in [0.1, 0.15) is 17.3 Å². The van der Waals surface area contributed by atoms with Gasteiger partial charge in [0.25, 0.3) is 5.91 Å². The van der Waals surface area contributed by atoms with Crippen LogP contribution in [0.15, 0.2) is 6.07 Å². The summed E-state index contributed by atoms with van der Waals surface area (Å²) in [5.74, 6) is -0.179. The fourth-order valence-electron chi connectivity index (χ4n) is 1.28. The number of rotatable bonds is 6. The number of aromatic nitrogens is 2. The molecule has 1 amide bonds. The van der Waals surface area contributed by atoms with Gasteiger partial charge >= 0.3 is 0 Å². The molecule has 0 bridgehead atoms. The van der Waals surface area contributed by atoms with Gasteiger partial charge < -0.3 is 15.4 Å². The monoisotopic (exact) mass is 258 g/mol. The van der Waals surface area contributed by atoms with Crippen LogP contribution >= 0.6 is 11.6 Å². The molecule has 0 radical (unpaired) electrons. The average molecular weight is 259 g/mol. The van der Waals surface area contributed by atoms with Crippen molar-refractivity contribution in [2.75, 3.05) is 31.7 Å². The quantitative estimate of drug-likeness (QED) is 0.760. The minimum atomic E-state index is -0.583. The van der Waals surface area contributed by atoms with Crippen molar-refractivity contribution in [3.05, 3.63) is 16.8 Å². The van der Waals surface area contributed by atoms with E-state index in [-0.39, 0.29) is 10.7 Å². The first-order valence-corrected chi connectivity index (χ1v) is 5.56. The first-order chi connectivity index (χ1) is 8.06. The van der Waals surface area contributed by atoms with Crippen molar-refractivity contribution in [3.63, 3.8) is 0 Å². The molecule has 17 heavy (non-hydrogen) atoms. The molecule has 0 atom stereocenters. The predicted octanol–water partition coefficient (Wildman–Crippen LogP) is 0.702. The maximum atomic E-state index is 11.2. The SMILES string of the molecule is CCOCCN(C)c1nnc(Cl)cc1C(N)=O. The summed E-state index contributed by atoms with van der Waals surface area (Å²) in [6.07, 6.45) is 0. The Balaban J connectivity index is 2.84. The number of carbonyl (C=O) groups excluding carboxylic acids is 1. The summed E-state index contributed by atoms with van der Waals surface area (Å²) < 4.78 is 5.22. The van der Waals surface area contributed by atoms with E-state index in [0.29, 0.717) is 25.6 Å². The van der Waals surface area contributed by atoms with Crippen LogP contribution in [0.2, 0.25) is 5.15 Å². The third kappa shape index (κ3) is 3.83. The van der Waals surface area contributed by atoms with Gasteiger partial charge in [0.15, 0.2) is 11.0 Å². The van der Waals surface area contributed by atoms with Crippen LogP contribution in [0.5, 0.6) is 0 Å². The van der Waals surface area contributed by atoms with Crippen molar-refractivity contribution < 1.29 is 9.53 Å². The Morgan fingerprint density at radius 2 is 2.29 bits per heavy atom. The number of nitrogens with zero attached hydrogens (tertiary/aromatic N) is 3. The van der Waals surface area contributed by atoms with Gasteiger partial charge in [0.05, 0.1) is 12.2 Å². The lowest BCUT2D eigenvalue weighted by Gasteiger charge is -2.19. The van der Waals surface area contributed by atoms with E-state index in [1.807, 2.05) is 6.92 Å². The minimum absolute atomic E-state index is 0.140. The maximum Gasteiger partial charge on any atom is 0.252 e. The Labute approximate surface area is 105 Å². The van der Waals surface area contributed by atoms with Gasteiger partial charge in [-0.1, -0.05) is 11.6 Å². The van der Waals surface area contributed by atoms with Crippen LogP contribution in [0, 0.1) is 0 Å². The molecule has 1 rings (SSSR count). The smallest absolute Gasteiger partial charge is 0.252 e. The molecule has 6 nitrogen and oxygen atoms in total. The summed E-state index contributed by atoms with van der Waals surface area (Å²) in [6, 6.07) is 1.41. The normalized spacial score (nSPS) is 10.3. The Morgan fingerprint density at radius 3 is 2.88 bits per heavy atom. The fourth-order valence-corrected chi connectivity index (χ4v) is 1.42. The highest BCUT2D eigenvalue weighted by Gasteiger charge is 2.15. The summed E-state index contributed by atoms with van der Waals surface area (Å²) >= 11 is 5.67. The predicted molar refractivity (Wildman–Crippen MR) is 65.3 cm³/mol. The van der Waals surface area contributed by atoms with E-state index in [0.717, 1.165) is 0 Å². The van der Waals surface area contributed by atoms with Gasteiger partial charge in [-0.05, 0) is 13.0 Å². The van der Waals surface area contributed by atoms with Crippen LogP contribution < -0.4 is 10.6 Å². The number of hydrogen-bond donors (Lipinski definition) is 1. The second-order valence-electron chi connectivity index (χ2n) is 3.39. The molecule has 0 aromatic carbocycles. The number of primary amides is 1. The summed E-state index contributed by atoms with van der Waals surface area (Å²) in [5, 5.41) is 7.70. The molecule has 0 aliphatic rings. The molecule has 94 valence electrons. The zero-order valence-electron chi connectivity index (χ0n) is 9.81. The lowest BCUT2D eigenvalue weighted by atomic mass is 10.2. The van der Waals surface area contributed by atoms with Crippen LogP contribution in [0.25, 0.3) is 0 Å². The highest BCUT2D eigenvalue weighted by atomic mass is 35.5. The van der Waals surface area contributed by atoms with Gasteiger partial charge in [-0.3, -0.25) is 4.79 Å². The Morgan fingerprint density at radius 1 is 1.59 bits per heavy atom. The number of likely N-dealkylation sites (N-methyl/N-ethyl adjacent to an activating group) is 1. The average Bonchev–Trinajstić information content (AvgIpc) is 2.29. The number of ether oxygens (including phenoxy) is 1. The van der Waals surface area contributed by atoms with E-state index >= 15 is 0 Å². The van der Waals surface area contributed by atoms with E-state index in [1.165, 1.54) is 6.07 Å². The lowest BCUT2D eigenvalue weighted by Crippen LogP contribution is -2.27. The Kier molecular flexibility index (Phi) is 5.11. The molecule has 2 N–H and O–H groups in total. The van der Waals surface area contributed by atoms with Gasteiger partial charge in [-0.25, -0.2) is 0 Å². The molecular weight excluding hydrogens is 244 g/mol. The van der Waals surface area contributed by atoms with E-state index in [1.54, 1.807) is 11.9 Å². The van der Waals surface area contributed by atoms with Crippen molar-refractivity contribution in [2.45, 2.75) is 6.92 Å². The van der Waals surface area contributed by atoms with Crippen molar-refractivity contribution in [1.82, 2.24) is 10.2 Å². The molecule has 0 saturated carbocycles. The highest BCUT2D eigenvalue weighted by molar-refractivity contribution is 6.29. The largest absolute Gasteiger partial charge is 0.380 e. The summed E-state index contributed by atoms with van der Waals surface area (Å²) in [4.78, 5) is 13.0. The van der Waals surface area contributed by atoms with Crippen LogP contribution in [0.3, 0.4) is 0 Å². The number of nitrogens with two attached hydrogens (primary N) is 1. The first-order valence-electron chi connectivity index (χ1n) is 5.18. The lowest BCUT2D eigenvalue weighted by molar-refractivity contribution is 0.1000. The molecule has 0 fully saturated rings. The van der Waals surface area contributed by atoms with Gasteiger partial charge in [0, 0.05) is 20.2 Å². The van der Waals surface area contributed by atoms with E-state index < -0.39 is 5.91 Å². The molecule has 0 aliphatic heterocycles. The topological polar surface area (TPSA) is 81.3 Å². The molecule has 1 heterocycles. The van der Waals surface area contributed by atoms with Gasteiger partial charge in [0.1, 0.15) is 0 Å². The van der Waals surface area contributed by atoms with E-state index in [2.05, 4.69) is 10.2 Å². The second-order valence-corrected chi connectivity index (χ2v) is 3.77. The van der Waals surface area contributed by atoms with Gasteiger partial charge in [-0.2, -0.15) is 0 Å². The second kappa shape index (κ2) is 6.36. The minimum Gasteiger partial charge on any atom is -0.380 e. The molecule has 7 heteroatoms. The highest BCUT2D eigenvalue weighted by Crippen LogP contribution is 2.17. The fraction of sp³-hybridized carbons (Fsp3) is 0.500. The summed E-state index contributed by atoms with van der Waals surface area (Å²) in [6.45, 7) is 3.68. The molecule has 0 aliphatic carbocycles. The van der Waals surface area contributed by atoms with Gasteiger partial charge in [-0.15, -0.1) is 10.2 Å². The summed E-state index contributed by atoms with van der Waals surface area (Å²) in [5.41, 5.74) is 5.51. The van der Waals surface area contributed by atoms with Crippen molar-refractivity contribution in [1.29, 1.82) is 0 Å². The number of anilines is 1. The molecule has 1 aromatic heterocycles. The maximum absolute atomic E-state index is 11.2. The number of hydrogen-bond acceptors (Lipinski definition) is 5. The molecule has 0 spiro atoms. The first kappa shape index (κ1) is 13.7. The van der Waals surface area contributed by atoms with Crippen LogP contribution in [0.4, 0.5) is 5.82 Å². The molecule has 0 unspecified atom stereocenters. The van der Waals surface area contributed by atoms with Crippen molar-refractivity contribution >= 4 is 23.3 Å². The zero-order valence-corrected chi connectivity index (χ0v) is 10.6. The van der Waals surface area contributed by atoms with Crippen molar-refractivity contribution in [3.8, 4) is 0 Å². The summed E-state index contributed by atoms with van der Waals surface area (Å²) in [7, 11) is 1.78. The molecule has 1 aromatic rings. The van der Waals surface area contributed by atoms with E-state index in [4.69, 9.17) is 22.1 Å². The zero-order chi connectivity index (χ0) is 12.8. The van der Waals surface area contributed by atoms with Crippen LogP contribution in [-0.2, 0) is 4.74 Å². The number of carbonyl (C=O) groups is 1. The third-order valence-corrected chi connectivity index (χ3v) is 2.33.